The summed E-state index contributed by atoms with van der Waals surface area (Å²) < 4.78 is 5.19. The van der Waals surface area contributed by atoms with E-state index in [1.54, 1.807) is 13.2 Å². The molecule has 0 bridgehead atoms. The first-order valence-corrected chi connectivity index (χ1v) is 8.62. The Morgan fingerprint density at radius 2 is 2.09 bits per heavy atom. The molecule has 4 heteroatoms. The van der Waals surface area contributed by atoms with Gasteiger partial charge in [-0.25, -0.2) is 5.01 Å². The molecule has 1 aliphatic heterocycles. The summed E-state index contributed by atoms with van der Waals surface area (Å²) in [5.74, 6) is 2.39. The van der Waals surface area contributed by atoms with Crippen LogP contribution in [0.5, 0.6) is 5.75 Å². The van der Waals surface area contributed by atoms with Crippen LogP contribution in [0, 0.1) is 11.8 Å². The zero-order valence-corrected chi connectivity index (χ0v) is 13.8. The number of carbonyl (C=O) groups is 1. The number of carbonyl (C=O) groups excluding carboxylic acids is 1. The summed E-state index contributed by atoms with van der Waals surface area (Å²) in [5.41, 5.74) is 3.99. The lowest BCUT2D eigenvalue weighted by molar-refractivity contribution is -0.122. The number of rotatable bonds is 4. The minimum atomic E-state index is -0.0536. The lowest BCUT2D eigenvalue weighted by Crippen LogP contribution is -2.50. The molecule has 1 heterocycles. The van der Waals surface area contributed by atoms with Crippen molar-refractivity contribution in [2.75, 3.05) is 20.2 Å². The average molecular weight is 314 g/mol. The van der Waals surface area contributed by atoms with Gasteiger partial charge in [-0.05, 0) is 48.4 Å². The van der Waals surface area contributed by atoms with Gasteiger partial charge in [0.05, 0.1) is 7.11 Å². The van der Waals surface area contributed by atoms with Gasteiger partial charge in [0.2, 0.25) is 0 Å². The molecule has 23 heavy (non-hydrogen) atoms. The van der Waals surface area contributed by atoms with Crippen LogP contribution in [-0.2, 0) is 4.79 Å². The van der Waals surface area contributed by atoms with E-state index in [0.29, 0.717) is 0 Å². The van der Waals surface area contributed by atoms with E-state index in [0.717, 1.165) is 36.2 Å². The molecule has 0 aromatic heterocycles. The van der Waals surface area contributed by atoms with E-state index >= 15 is 0 Å². The molecule has 1 N–H and O–H groups in total. The number of ether oxygens (including phenoxy) is 1. The van der Waals surface area contributed by atoms with E-state index in [1.807, 2.05) is 30.3 Å². The van der Waals surface area contributed by atoms with Crippen molar-refractivity contribution in [1.82, 2.24) is 10.4 Å². The van der Waals surface area contributed by atoms with Crippen LogP contribution in [0.4, 0.5) is 0 Å². The van der Waals surface area contributed by atoms with Gasteiger partial charge in [0.25, 0.3) is 5.91 Å². The summed E-state index contributed by atoms with van der Waals surface area (Å²) in [4.78, 5) is 12.1. The van der Waals surface area contributed by atoms with Crippen molar-refractivity contribution < 1.29 is 9.53 Å². The molecular weight excluding hydrogens is 288 g/mol. The molecule has 0 spiro atoms. The number of piperidine rings is 1. The minimum Gasteiger partial charge on any atom is -0.497 e. The Morgan fingerprint density at radius 1 is 1.26 bits per heavy atom. The standard InChI is InChI=1S/C19H26N2O2/c1-23-18-8-4-5-15(13-18)9-10-19(22)20-21-12-11-16-6-2-3-7-17(16)14-21/h4-5,8-10,13,16-17H,2-3,6-7,11-12,14H2,1H3,(H,20,22)/b10-9+. The van der Waals surface area contributed by atoms with Crippen LogP contribution in [-0.4, -0.2) is 31.1 Å². The molecule has 2 aliphatic rings. The number of hydrogen-bond acceptors (Lipinski definition) is 3. The van der Waals surface area contributed by atoms with E-state index in [-0.39, 0.29) is 5.91 Å². The Hall–Kier alpha value is -1.81. The molecular formula is C19H26N2O2. The average Bonchev–Trinajstić information content (AvgIpc) is 2.60. The third-order valence-corrected chi connectivity index (χ3v) is 5.08. The van der Waals surface area contributed by atoms with Crippen molar-refractivity contribution in [3.05, 3.63) is 35.9 Å². The number of fused-ring (bicyclic) bond motifs is 1. The van der Waals surface area contributed by atoms with Gasteiger partial charge in [0.15, 0.2) is 0 Å². The first-order valence-electron chi connectivity index (χ1n) is 8.62. The lowest BCUT2D eigenvalue weighted by atomic mass is 9.75. The lowest BCUT2D eigenvalue weighted by Gasteiger charge is -2.41. The quantitative estimate of drug-likeness (QED) is 0.867. The van der Waals surface area contributed by atoms with Crippen molar-refractivity contribution in [1.29, 1.82) is 0 Å². The van der Waals surface area contributed by atoms with Crippen LogP contribution < -0.4 is 10.2 Å². The van der Waals surface area contributed by atoms with Gasteiger partial charge in [-0.3, -0.25) is 10.2 Å². The zero-order chi connectivity index (χ0) is 16.1. The smallest absolute Gasteiger partial charge is 0.258 e. The van der Waals surface area contributed by atoms with Gasteiger partial charge in [0, 0.05) is 19.2 Å². The molecule has 1 saturated carbocycles. The normalized spacial score (nSPS) is 25.1. The second kappa shape index (κ2) is 7.64. The van der Waals surface area contributed by atoms with Gasteiger partial charge >= 0.3 is 0 Å². The van der Waals surface area contributed by atoms with Crippen LogP contribution in [0.2, 0.25) is 0 Å². The molecule has 2 unspecified atom stereocenters. The number of methoxy groups -OCH3 is 1. The third kappa shape index (κ3) is 4.35. The summed E-state index contributed by atoms with van der Waals surface area (Å²) in [6, 6.07) is 7.69. The predicted molar refractivity (Wildman–Crippen MR) is 91.8 cm³/mol. The number of benzene rings is 1. The van der Waals surface area contributed by atoms with Gasteiger partial charge in [-0.1, -0.05) is 31.4 Å². The number of hydrogen-bond donors (Lipinski definition) is 1. The molecule has 4 nitrogen and oxygen atoms in total. The summed E-state index contributed by atoms with van der Waals surface area (Å²) in [7, 11) is 1.64. The molecule has 0 radical (unpaired) electrons. The van der Waals surface area contributed by atoms with E-state index in [9.17, 15) is 4.79 Å². The molecule has 3 rings (SSSR count). The van der Waals surface area contributed by atoms with Crippen LogP contribution in [0.25, 0.3) is 6.08 Å². The Balaban J connectivity index is 1.51. The second-order valence-corrected chi connectivity index (χ2v) is 6.63. The summed E-state index contributed by atoms with van der Waals surface area (Å²) in [5, 5.41) is 2.10. The maximum atomic E-state index is 12.1. The molecule has 1 aromatic carbocycles. The molecule has 2 atom stereocenters. The van der Waals surface area contributed by atoms with Crippen LogP contribution in [0.3, 0.4) is 0 Å². The van der Waals surface area contributed by atoms with Gasteiger partial charge in [0.1, 0.15) is 5.75 Å². The van der Waals surface area contributed by atoms with Crippen molar-refractivity contribution in [3.8, 4) is 5.75 Å². The number of hydrazine groups is 1. The highest BCUT2D eigenvalue weighted by Crippen LogP contribution is 2.35. The van der Waals surface area contributed by atoms with Crippen molar-refractivity contribution in [3.63, 3.8) is 0 Å². The second-order valence-electron chi connectivity index (χ2n) is 6.63. The number of amides is 1. The summed E-state index contributed by atoms with van der Waals surface area (Å²) >= 11 is 0. The van der Waals surface area contributed by atoms with Crippen LogP contribution in [0.1, 0.15) is 37.7 Å². The highest BCUT2D eigenvalue weighted by atomic mass is 16.5. The summed E-state index contributed by atoms with van der Waals surface area (Å²) in [6.45, 7) is 1.98. The summed E-state index contributed by atoms with van der Waals surface area (Å²) in [6.07, 6.45) is 10.1. The maximum absolute atomic E-state index is 12.1. The number of nitrogens with one attached hydrogen (secondary N) is 1. The van der Waals surface area contributed by atoms with Gasteiger partial charge in [-0.15, -0.1) is 0 Å². The Bertz CT molecular complexity index is 570. The molecule has 1 saturated heterocycles. The molecule has 124 valence electrons. The molecule has 1 aromatic rings. The fourth-order valence-electron chi connectivity index (χ4n) is 3.81. The molecule has 2 fully saturated rings. The van der Waals surface area contributed by atoms with Crippen molar-refractivity contribution >= 4 is 12.0 Å². The Labute approximate surface area is 138 Å². The zero-order valence-electron chi connectivity index (χ0n) is 13.8. The van der Waals surface area contributed by atoms with Gasteiger partial charge < -0.3 is 4.74 Å². The Morgan fingerprint density at radius 3 is 2.91 bits per heavy atom. The topological polar surface area (TPSA) is 41.6 Å². The Kier molecular flexibility index (Phi) is 5.34. The first kappa shape index (κ1) is 16.1. The van der Waals surface area contributed by atoms with Crippen LogP contribution >= 0.6 is 0 Å². The monoisotopic (exact) mass is 314 g/mol. The van der Waals surface area contributed by atoms with E-state index < -0.39 is 0 Å². The van der Waals surface area contributed by atoms with Crippen LogP contribution in [0.15, 0.2) is 30.3 Å². The molecule has 1 amide bonds. The fourth-order valence-corrected chi connectivity index (χ4v) is 3.81. The van der Waals surface area contributed by atoms with E-state index in [2.05, 4.69) is 10.4 Å². The van der Waals surface area contributed by atoms with Crippen molar-refractivity contribution in [2.45, 2.75) is 32.1 Å². The first-order chi connectivity index (χ1) is 11.2. The highest BCUT2D eigenvalue weighted by Gasteiger charge is 2.31. The minimum absolute atomic E-state index is 0.0536. The van der Waals surface area contributed by atoms with Gasteiger partial charge in [-0.2, -0.15) is 0 Å². The maximum Gasteiger partial charge on any atom is 0.258 e. The third-order valence-electron chi connectivity index (χ3n) is 5.08. The molecule has 1 aliphatic carbocycles. The largest absolute Gasteiger partial charge is 0.497 e. The SMILES string of the molecule is COc1cccc(/C=C/C(=O)NN2CCC3CCCCC3C2)c1. The van der Waals surface area contributed by atoms with E-state index in [1.165, 1.54) is 32.1 Å². The number of nitrogens with zero attached hydrogens (tertiary/aromatic N) is 1. The predicted octanol–water partition coefficient (Wildman–Crippen LogP) is 3.25. The van der Waals surface area contributed by atoms with E-state index in [4.69, 9.17) is 4.74 Å². The fraction of sp³-hybridized carbons (Fsp3) is 0.526. The van der Waals surface area contributed by atoms with Crippen molar-refractivity contribution in [2.24, 2.45) is 11.8 Å². The highest BCUT2D eigenvalue weighted by molar-refractivity contribution is 5.91.